The molecule has 0 saturated heterocycles. The van der Waals surface area contributed by atoms with Crippen LogP contribution in [0, 0.1) is 0 Å². The van der Waals surface area contributed by atoms with Crippen molar-refractivity contribution in [3.63, 3.8) is 0 Å². The standard InChI is InChI=1S/C22H21ClN2O2S/c1-15(24-22(27)20-8-5-13-28-20)21(26)25-19(17-6-3-2-4-7-17)14-16-9-11-18(23)12-10-16/h2-13,15,19H,14H2,1H3,(H,24,27)(H,25,26). The summed E-state index contributed by atoms with van der Waals surface area (Å²) in [4.78, 5) is 25.5. The Morgan fingerprint density at radius 3 is 2.32 bits per heavy atom. The molecule has 0 radical (unpaired) electrons. The van der Waals surface area contributed by atoms with Crippen molar-refractivity contribution in [3.8, 4) is 0 Å². The maximum absolute atomic E-state index is 12.7. The van der Waals surface area contributed by atoms with Gasteiger partial charge < -0.3 is 10.6 Å². The molecule has 2 unspecified atom stereocenters. The molecular formula is C22H21ClN2O2S. The molecule has 2 N–H and O–H groups in total. The Morgan fingerprint density at radius 2 is 1.68 bits per heavy atom. The van der Waals surface area contributed by atoms with E-state index >= 15 is 0 Å². The zero-order chi connectivity index (χ0) is 19.9. The highest BCUT2D eigenvalue weighted by Crippen LogP contribution is 2.20. The van der Waals surface area contributed by atoms with E-state index in [1.807, 2.05) is 66.0 Å². The van der Waals surface area contributed by atoms with E-state index in [1.54, 1.807) is 13.0 Å². The smallest absolute Gasteiger partial charge is 0.261 e. The molecule has 1 aromatic heterocycles. The average molecular weight is 413 g/mol. The molecule has 2 amide bonds. The summed E-state index contributed by atoms with van der Waals surface area (Å²) in [6.45, 7) is 1.69. The monoisotopic (exact) mass is 412 g/mol. The van der Waals surface area contributed by atoms with E-state index in [1.165, 1.54) is 11.3 Å². The lowest BCUT2D eigenvalue weighted by Gasteiger charge is -2.22. The van der Waals surface area contributed by atoms with E-state index in [0.29, 0.717) is 16.3 Å². The summed E-state index contributed by atoms with van der Waals surface area (Å²) < 4.78 is 0. The third-order valence-corrected chi connectivity index (χ3v) is 5.48. The second kappa shape index (κ2) is 9.53. The molecule has 0 aliphatic rings. The molecule has 0 aliphatic carbocycles. The number of hydrogen-bond donors (Lipinski definition) is 2. The Balaban J connectivity index is 1.70. The zero-order valence-corrected chi connectivity index (χ0v) is 17.0. The largest absolute Gasteiger partial charge is 0.347 e. The van der Waals surface area contributed by atoms with Crippen molar-refractivity contribution in [1.29, 1.82) is 0 Å². The van der Waals surface area contributed by atoms with Gasteiger partial charge in [0.25, 0.3) is 5.91 Å². The van der Waals surface area contributed by atoms with Gasteiger partial charge in [0.2, 0.25) is 5.91 Å². The predicted octanol–water partition coefficient (Wildman–Crippen LogP) is 4.62. The lowest BCUT2D eigenvalue weighted by atomic mass is 9.98. The maximum Gasteiger partial charge on any atom is 0.261 e. The Hall–Kier alpha value is -2.63. The maximum atomic E-state index is 12.7. The highest BCUT2D eigenvalue weighted by Gasteiger charge is 2.21. The Bertz CT molecular complexity index is 911. The summed E-state index contributed by atoms with van der Waals surface area (Å²) in [6.07, 6.45) is 0.624. The number of amides is 2. The van der Waals surface area contributed by atoms with Crippen LogP contribution in [-0.2, 0) is 11.2 Å². The first-order valence-electron chi connectivity index (χ1n) is 8.97. The predicted molar refractivity (Wildman–Crippen MR) is 114 cm³/mol. The Morgan fingerprint density at radius 1 is 0.964 bits per heavy atom. The average Bonchev–Trinajstić information content (AvgIpc) is 3.24. The minimum atomic E-state index is -0.647. The van der Waals surface area contributed by atoms with Crippen molar-refractivity contribution in [1.82, 2.24) is 10.6 Å². The molecule has 0 spiro atoms. The quantitative estimate of drug-likeness (QED) is 0.594. The SMILES string of the molecule is CC(NC(=O)c1cccs1)C(=O)NC(Cc1ccc(Cl)cc1)c1ccccc1. The molecule has 3 aromatic rings. The van der Waals surface area contributed by atoms with Crippen LogP contribution in [0.25, 0.3) is 0 Å². The number of carbonyl (C=O) groups is 2. The van der Waals surface area contributed by atoms with Gasteiger partial charge in [-0.2, -0.15) is 0 Å². The molecule has 2 atom stereocenters. The number of thiophene rings is 1. The summed E-state index contributed by atoms with van der Waals surface area (Å²) in [5.41, 5.74) is 2.07. The molecule has 2 aromatic carbocycles. The van der Waals surface area contributed by atoms with E-state index in [9.17, 15) is 9.59 Å². The van der Waals surface area contributed by atoms with Gasteiger partial charge in [-0.1, -0.05) is 60.1 Å². The zero-order valence-electron chi connectivity index (χ0n) is 15.4. The van der Waals surface area contributed by atoms with E-state index in [-0.39, 0.29) is 17.9 Å². The van der Waals surface area contributed by atoms with Crippen molar-refractivity contribution in [2.45, 2.75) is 25.4 Å². The van der Waals surface area contributed by atoms with Crippen LogP contribution in [-0.4, -0.2) is 17.9 Å². The van der Waals surface area contributed by atoms with Crippen LogP contribution in [0.1, 0.15) is 33.8 Å². The summed E-state index contributed by atoms with van der Waals surface area (Å²) in [7, 11) is 0. The van der Waals surface area contributed by atoms with Crippen LogP contribution in [0.2, 0.25) is 5.02 Å². The number of benzene rings is 2. The van der Waals surface area contributed by atoms with Crippen LogP contribution in [0.15, 0.2) is 72.1 Å². The first kappa shape index (κ1) is 20.1. The van der Waals surface area contributed by atoms with E-state index in [0.717, 1.165) is 11.1 Å². The van der Waals surface area contributed by atoms with Gasteiger partial charge in [-0.15, -0.1) is 11.3 Å². The highest BCUT2D eigenvalue weighted by atomic mass is 35.5. The van der Waals surface area contributed by atoms with E-state index in [2.05, 4.69) is 10.6 Å². The summed E-state index contributed by atoms with van der Waals surface area (Å²) in [6, 6.07) is 20.0. The number of nitrogens with one attached hydrogen (secondary N) is 2. The first-order chi connectivity index (χ1) is 13.5. The number of halogens is 1. The fourth-order valence-corrected chi connectivity index (χ4v) is 3.58. The summed E-state index contributed by atoms with van der Waals surface area (Å²) >= 11 is 7.32. The van der Waals surface area contributed by atoms with Crippen LogP contribution < -0.4 is 10.6 Å². The van der Waals surface area contributed by atoms with Crippen molar-refractivity contribution in [3.05, 3.63) is 93.1 Å². The fourth-order valence-electron chi connectivity index (χ4n) is 2.83. The summed E-state index contributed by atoms with van der Waals surface area (Å²) in [5.74, 6) is -0.473. The normalized spacial score (nSPS) is 12.8. The molecule has 3 rings (SSSR count). The Kier molecular flexibility index (Phi) is 6.85. The van der Waals surface area contributed by atoms with Crippen molar-refractivity contribution >= 4 is 34.8 Å². The van der Waals surface area contributed by atoms with E-state index < -0.39 is 6.04 Å². The summed E-state index contributed by atoms with van der Waals surface area (Å²) in [5, 5.41) is 8.32. The number of rotatable bonds is 7. The van der Waals surface area contributed by atoms with Gasteiger partial charge in [0.1, 0.15) is 6.04 Å². The first-order valence-corrected chi connectivity index (χ1v) is 10.2. The molecule has 0 saturated carbocycles. The Labute approximate surface area is 173 Å². The van der Waals surface area contributed by atoms with Gasteiger partial charge in [0, 0.05) is 5.02 Å². The van der Waals surface area contributed by atoms with Crippen molar-refractivity contribution < 1.29 is 9.59 Å². The minimum Gasteiger partial charge on any atom is -0.347 e. The van der Waals surface area contributed by atoms with Gasteiger partial charge in [-0.3, -0.25) is 9.59 Å². The van der Waals surface area contributed by atoms with Crippen molar-refractivity contribution in [2.75, 3.05) is 0 Å². The third-order valence-electron chi connectivity index (χ3n) is 4.36. The molecule has 1 heterocycles. The molecule has 0 bridgehead atoms. The molecule has 6 heteroatoms. The molecule has 0 fully saturated rings. The van der Waals surface area contributed by atoms with Gasteiger partial charge in [0.15, 0.2) is 0 Å². The second-order valence-corrected chi connectivity index (χ2v) is 7.86. The van der Waals surface area contributed by atoms with Gasteiger partial charge in [-0.05, 0) is 48.1 Å². The van der Waals surface area contributed by atoms with Gasteiger partial charge in [-0.25, -0.2) is 0 Å². The van der Waals surface area contributed by atoms with Crippen LogP contribution >= 0.6 is 22.9 Å². The molecular weight excluding hydrogens is 392 g/mol. The lowest BCUT2D eigenvalue weighted by molar-refractivity contribution is -0.123. The topological polar surface area (TPSA) is 58.2 Å². The highest BCUT2D eigenvalue weighted by molar-refractivity contribution is 7.12. The molecule has 0 aliphatic heterocycles. The molecule has 28 heavy (non-hydrogen) atoms. The fraction of sp³-hybridized carbons (Fsp3) is 0.182. The second-order valence-electron chi connectivity index (χ2n) is 6.47. The molecule has 4 nitrogen and oxygen atoms in total. The van der Waals surface area contributed by atoms with Crippen LogP contribution in [0.5, 0.6) is 0 Å². The number of hydrogen-bond acceptors (Lipinski definition) is 3. The number of carbonyl (C=O) groups excluding carboxylic acids is 2. The van der Waals surface area contributed by atoms with Crippen molar-refractivity contribution in [2.24, 2.45) is 0 Å². The molecule has 144 valence electrons. The lowest BCUT2D eigenvalue weighted by Crippen LogP contribution is -2.46. The third kappa shape index (κ3) is 5.44. The van der Waals surface area contributed by atoms with Gasteiger partial charge in [0.05, 0.1) is 10.9 Å². The van der Waals surface area contributed by atoms with Crippen LogP contribution in [0.3, 0.4) is 0 Å². The van der Waals surface area contributed by atoms with E-state index in [4.69, 9.17) is 11.6 Å². The van der Waals surface area contributed by atoms with Crippen LogP contribution in [0.4, 0.5) is 0 Å². The van der Waals surface area contributed by atoms with Gasteiger partial charge >= 0.3 is 0 Å². The minimum absolute atomic E-state index is 0.212.